The van der Waals surface area contributed by atoms with Gasteiger partial charge in [0.15, 0.2) is 5.54 Å². The molecule has 1 unspecified atom stereocenters. The van der Waals surface area contributed by atoms with Gasteiger partial charge in [0.25, 0.3) is 5.91 Å². The molecule has 0 spiro atoms. The third kappa shape index (κ3) is 3.43. The fraction of sp³-hybridized carbons (Fsp3) is 0.556. The molecular weight excluding hydrogens is 368 g/mol. The number of amides is 5. The number of likely N-dealkylation sites (N-methyl/N-ethyl adjacent to an activating group) is 1. The number of rotatable bonds is 7. The molecule has 0 radical (unpaired) electrons. The lowest BCUT2D eigenvalue weighted by molar-refractivity contribution is -0.136. The molecule has 2 aliphatic rings. The highest BCUT2D eigenvalue weighted by Gasteiger charge is 2.61. The largest absolute Gasteiger partial charge is 0.357 e. The van der Waals surface area contributed by atoms with Gasteiger partial charge < -0.3 is 16.0 Å². The van der Waals surface area contributed by atoms with Crippen molar-refractivity contribution in [3.63, 3.8) is 0 Å². The van der Waals surface area contributed by atoms with Crippen LogP contribution >= 0.6 is 11.3 Å². The summed E-state index contributed by atoms with van der Waals surface area (Å²) >= 11 is 1.42. The summed E-state index contributed by atoms with van der Waals surface area (Å²) in [4.78, 5) is 51.8. The zero-order chi connectivity index (χ0) is 19.8. The lowest BCUT2D eigenvalue weighted by atomic mass is 9.91. The molecule has 3 N–H and O–H groups in total. The van der Waals surface area contributed by atoms with Crippen molar-refractivity contribution in [1.29, 1.82) is 0 Å². The zero-order valence-corrected chi connectivity index (χ0v) is 16.4. The van der Waals surface area contributed by atoms with Crippen molar-refractivity contribution in [3.05, 3.63) is 22.4 Å². The Morgan fingerprint density at radius 2 is 2.07 bits per heavy atom. The Labute approximate surface area is 161 Å². The van der Waals surface area contributed by atoms with Crippen molar-refractivity contribution >= 4 is 35.1 Å². The molecule has 0 bridgehead atoms. The van der Waals surface area contributed by atoms with Gasteiger partial charge in [-0.25, -0.2) is 4.79 Å². The van der Waals surface area contributed by atoms with Crippen molar-refractivity contribution in [3.8, 4) is 0 Å². The summed E-state index contributed by atoms with van der Waals surface area (Å²) in [6.07, 6.45) is 1.71. The van der Waals surface area contributed by atoms with Crippen molar-refractivity contribution in [2.24, 2.45) is 11.8 Å². The van der Waals surface area contributed by atoms with Gasteiger partial charge in [0.2, 0.25) is 11.8 Å². The molecule has 1 aliphatic heterocycles. The molecule has 3 rings (SSSR count). The molecule has 9 heteroatoms. The monoisotopic (exact) mass is 392 g/mol. The zero-order valence-electron chi connectivity index (χ0n) is 15.6. The minimum absolute atomic E-state index is 0.0509. The molecule has 5 amide bonds. The lowest BCUT2D eigenvalue weighted by Crippen LogP contribution is -2.52. The van der Waals surface area contributed by atoms with Gasteiger partial charge in [0.1, 0.15) is 12.6 Å². The van der Waals surface area contributed by atoms with Crippen LogP contribution in [0.2, 0.25) is 0 Å². The first kappa shape index (κ1) is 19.3. The smallest absolute Gasteiger partial charge is 0.325 e. The number of hydrogen-bond donors (Lipinski definition) is 3. The Hall–Kier alpha value is -2.42. The van der Waals surface area contributed by atoms with Crippen LogP contribution in [0.1, 0.15) is 31.6 Å². The van der Waals surface area contributed by atoms with Crippen LogP contribution in [0.4, 0.5) is 4.79 Å². The van der Waals surface area contributed by atoms with Crippen LogP contribution in [0.15, 0.2) is 17.5 Å². The summed E-state index contributed by atoms with van der Waals surface area (Å²) in [5, 5.41) is 9.83. The second kappa shape index (κ2) is 7.30. The third-order valence-corrected chi connectivity index (χ3v) is 6.05. The van der Waals surface area contributed by atoms with Crippen molar-refractivity contribution in [1.82, 2.24) is 20.9 Å². The maximum Gasteiger partial charge on any atom is 0.325 e. The highest BCUT2D eigenvalue weighted by molar-refractivity contribution is 7.10. The van der Waals surface area contributed by atoms with E-state index in [2.05, 4.69) is 16.0 Å². The Kier molecular flexibility index (Phi) is 5.23. The minimum atomic E-state index is -1.07. The summed E-state index contributed by atoms with van der Waals surface area (Å²) in [6, 6.07) is 2.38. The van der Waals surface area contributed by atoms with Crippen LogP contribution in [0.5, 0.6) is 0 Å². The van der Waals surface area contributed by atoms with Gasteiger partial charge >= 0.3 is 6.03 Å². The highest BCUT2D eigenvalue weighted by Crippen LogP contribution is 2.50. The number of urea groups is 1. The van der Waals surface area contributed by atoms with Crippen molar-refractivity contribution < 1.29 is 19.2 Å². The van der Waals surface area contributed by atoms with Gasteiger partial charge in [0, 0.05) is 11.9 Å². The summed E-state index contributed by atoms with van der Waals surface area (Å²) < 4.78 is 0. The molecular formula is C18H24N4O4S. The van der Waals surface area contributed by atoms with Gasteiger partial charge in [-0.1, -0.05) is 19.9 Å². The van der Waals surface area contributed by atoms with Gasteiger partial charge in [-0.05, 0) is 36.1 Å². The molecule has 1 aromatic heterocycles. The Morgan fingerprint density at radius 3 is 2.59 bits per heavy atom. The van der Waals surface area contributed by atoms with Crippen LogP contribution in [0.25, 0.3) is 0 Å². The van der Waals surface area contributed by atoms with Gasteiger partial charge in [0.05, 0.1) is 0 Å². The van der Waals surface area contributed by atoms with E-state index in [0.717, 1.165) is 22.6 Å². The number of imide groups is 1. The van der Waals surface area contributed by atoms with Crippen molar-refractivity contribution in [2.45, 2.75) is 38.3 Å². The van der Waals surface area contributed by atoms with E-state index in [9.17, 15) is 19.2 Å². The summed E-state index contributed by atoms with van der Waals surface area (Å²) in [5.41, 5.74) is -1.07. The lowest BCUT2D eigenvalue weighted by Gasteiger charge is -2.25. The second-order valence-corrected chi connectivity index (χ2v) is 8.23. The van der Waals surface area contributed by atoms with E-state index in [1.165, 1.54) is 18.4 Å². The Balaban J connectivity index is 1.76. The van der Waals surface area contributed by atoms with Crippen LogP contribution in [-0.2, 0) is 19.9 Å². The number of hydrogen-bond acceptors (Lipinski definition) is 5. The summed E-state index contributed by atoms with van der Waals surface area (Å²) in [5.74, 6) is -1.34. The molecule has 8 nitrogen and oxygen atoms in total. The van der Waals surface area contributed by atoms with Gasteiger partial charge in [-0.3, -0.25) is 19.3 Å². The van der Waals surface area contributed by atoms with Gasteiger partial charge in [-0.15, -0.1) is 11.3 Å². The molecule has 2 fully saturated rings. The molecule has 1 saturated heterocycles. The maximum absolute atomic E-state index is 13.2. The van der Waals surface area contributed by atoms with Gasteiger partial charge in [-0.2, -0.15) is 0 Å². The first-order chi connectivity index (χ1) is 12.8. The quantitative estimate of drug-likeness (QED) is 0.596. The first-order valence-electron chi connectivity index (χ1n) is 9.00. The van der Waals surface area contributed by atoms with E-state index in [1.807, 2.05) is 31.4 Å². The normalized spacial score (nSPS) is 23.3. The topological polar surface area (TPSA) is 108 Å². The first-order valence-corrected chi connectivity index (χ1v) is 9.88. The van der Waals surface area contributed by atoms with E-state index in [-0.39, 0.29) is 17.7 Å². The van der Waals surface area contributed by atoms with E-state index in [1.54, 1.807) is 0 Å². The number of carbonyl (C=O) groups is 4. The molecule has 146 valence electrons. The molecule has 2 heterocycles. The number of carbonyl (C=O) groups excluding carboxylic acids is 4. The van der Waals surface area contributed by atoms with E-state index < -0.39 is 36.0 Å². The van der Waals surface area contributed by atoms with E-state index in [4.69, 9.17) is 0 Å². The fourth-order valence-electron chi connectivity index (χ4n) is 3.46. The maximum atomic E-state index is 13.2. The molecule has 27 heavy (non-hydrogen) atoms. The number of thiophene rings is 1. The molecule has 1 saturated carbocycles. The molecule has 1 aromatic rings. The molecule has 1 aliphatic carbocycles. The third-order valence-electron chi connectivity index (χ3n) is 5.05. The number of nitrogens with one attached hydrogen (secondary N) is 3. The number of nitrogens with zero attached hydrogens (tertiary/aromatic N) is 1. The highest BCUT2D eigenvalue weighted by atomic mass is 32.1. The predicted octanol–water partition coefficient (Wildman–Crippen LogP) is 0.792. The Morgan fingerprint density at radius 1 is 1.37 bits per heavy atom. The average molecular weight is 392 g/mol. The molecule has 2 atom stereocenters. The van der Waals surface area contributed by atoms with Crippen LogP contribution in [-0.4, -0.2) is 48.3 Å². The van der Waals surface area contributed by atoms with E-state index in [0.29, 0.717) is 0 Å². The van der Waals surface area contributed by atoms with Crippen LogP contribution < -0.4 is 16.0 Å². The van der Waals surface area contributed by atoms with E-state index >= 15 is 0 Å². The minimum Gasteiger partial charge on any atom is -0.357 e. The standard InChI is InChI=1S/C18H24N4O4S/c1-10(2)14(15(24)19-3)20-13(23)9-22-16(25)18(11-6-7-11,21-17(22)26)12-5-4-8-27-12/h4-5,8,10-11,14H,6-7,9H2,1-3H3,(H,19,24)(H,20,23)(H,21,26)/t14-,18?/m0/s1. The fourth-order valence-corrected chi connectivity index (χ4v) is 4.41. The Bertz CT molecular complexity index is 759. The van der Waals surface area contributed by atoms with Crippen LogP contribution in [0, 0.1) is 11.8 Å². The second-order valence-electron chi connectivity index (χ2n) is 7.28. The summed E-state index contributed by atoms with van der Waals surface area (Å²) in [7, 11) is 1.49. The average Bonchev–Trinajstić information content (AvgIpc) is 3.28. The van der Waals surface area contributed by atoms with Crippen LogP contribution in [0.3, 0.4) is 0 Å². The van der Waals surface area contributed by atoms with Crippen molar-refractivity contribution in [2.75, 3.05) is 13.6 Å². The SMILES string of the molecule is CNC(=O)[C@@H](NC(=O)CN1C(=O)NC(c2cccs2)(C2CC2)C1=O)C(C)C. The predicted molar refractivity (Wildman–Crippen MR) is 99.8 cm³/mol. The summed E-state index contributed by atoms with van der Waals surface area (Å²) in [6.45, 7) is 3.20. The molecule has 0 aromatic carbocycles.